The third kappa shape index (κ3) is 5.35. The van der Waals surface area contributed by atoms with Crippen molar-refractivity contribution in [3.8, 4) is 0 Å². The highest BCUT2D eigenvalue weighted by atomic mass is 15.2. The number of anilines is 1. The van der Waals surface area contributed by atoms with E-state index in [1.54, 1.807) is 0 Å². The lowest BCUT2D eigenvalue weighted by Crippen LogP contribution is -2.38. The van der Waals surface area contributed by atoms with E-state index in [1.165, 1.54) is 24.1 Å². The fourth-order valence-corrected chi connectivity index (χ4v) is 2.96. The minimum absolute atomic E-state index is 0.258. The fraction of sp³-hybridized carbons (Fsp3) is 0.684. The van der Waals surface area contributed by atoms with Crippen LogP contribution in [-0.4, -0.2) is 18.6 Å². The fourth-order valence-electron chi connectivity index (χ4n) is 2.96. The summed E-state index contributed by atoms with van der Waals surface area (Å²) in [6.45, 7) is 12.5. The van der Waals surface area contributed by atoms with E-state index in [9.17, 15) is 0 Å². The third-order valence-corrected chi connectivity index (χ3v) is 4.25. The molecular weight excluding hydrogens is 256 g/mol. The Bertz CT molecular complexity index is 396. The van der Waals surface area contributed by atoms with Gasteiger partial charge in [-0.15, -0.1) is 0 Å². The Hall–Kier alpha value is -1.02. The van der Waals surface area contributed by atoms with Crippen LogP contribution < -0.4 is 10.6 Å². The largest absolute Gasteiger partial charge is 0.368 e. The number of nitrogens with zero attached hydrogens (tertiary/aromatic N) is 1. The van der Waals surface area contributed by atoms with Crippen molar-refractivity contribution in [2.24, 2.45) is 11.7 Å². The molecule has 0 aliphatic heterocycles. The molecule has 0 spiro atoms. The normalized spacial score (nSPS) is 13.0. The van der Waals surface area contributed by atoms with Crippen LogP contribution in [0.15, 0.2) is 24.3 Å². The van der Waals surface area contributed by atoms with Gasteiger partial charge in [0.2, 0.25) is 0 Å². The molecule has 21 heavy (non-hydrogen) atoms. The molecule has 0 aliphatic rings. The number of benzene rings is 1. The lowest BCUT2D eigenvalue weighted by Gasteiger charge is -2.36. The predicted molar refractivity (Wildman–Crippen MR) is 95.0 cm³/mol. The second-order valence-electron chi connectivity index (χ2n) is 6.52. The zero-order valence-electron chi connectivity index (χ0n) is 14.6. The summed E-state index contributed by atoms with van der Waals surface area (Å²) in [4.78, 5) is 2.61. The van der Waals surface area contributed by atoms with Crippen LogP contribution in [0.25, 0.3) is 0 Å². The Morgan fingerprint density at radius 3 is 2.14 bits per heavy atom. The van der Waals surface area contributed by atoms with Gasteiger partial charge in [0, 0.05) is 24.3 Å². The summed E-state index contributed by atoms with van der Waals surface area (Å²) in [5.41, 5.74) is 8.99. The first-order chi connectivity index (χ1) is 10.0. The van der Waals surface area contributed by atoms with Gasteiger partial charge in [-0.3, -0.25) is 0 Å². The number of para-hydroxylation sites is 1. The van der Waals surface area contributed by atoms with Crippen LogP contribution in [0.2, 0.25) is 0 Å². The van der Waals surface area contributed by atoms with Crippen LogP contribution in [-0.2, 0) is 6.42 Å². The Morgan fingerprint density at radius 2 is 1.62 bits per heavy atom. The van der Waals surface area contributed by atoms with E-state index in [2.05, 4.69) is 63.8 Å². The van der Waals surface area contributed by atoms with E-state index >= 15 is 0 Å². The predicted octanol–water partition coefficient (Wildman–Crippen LogP) is 4.62. The molecule has 1 rings (SSSR count). The highest BCUT2D eigenvalue weighted by Gasteiger charge is 2.19. The SMILES string of the molecule is CCC(N)Cc1ccccc1N(CC(C)C)C(CC)CC. The number of rotatable bonds is 9. The van der Waals surface area contributed by atoms with E-state index in [0.717, 1.165) is 19.4 Å². The van der Waals surface area contributed by atoms with Gasteiger partial charge >= 0.3 is 0 Å². The van der Waals surface area contributed by atoms with E-state index in [1.807, 2.05) is 0 Å². The number of hydrogen-bond donors (Lipinski definition) is 1. The minimum Gasteiger partial charge on any atom is -0.368 e. The summed E-state index contributed by atoms with van der Waals surface area (Å²) < 4.78 is 0. The van der Waals surface area contributed by atoms with Gasteiger partial charge < -0.3 is 10.6 Å². The topological polar surface area (TPSA) is 29.3 Å². The Labute approximate surface area is 131 Å². The van der Waals surface area contributed by atoms with E-state index in [0.29, 0.717) is 12.0 Å². The monoisotopic (exact) mass is 290 g/mol. The smallest absolute Gasteiger partial charge is 0.0401 e. The molecule has 0 aliphatic carbocycles. The van der Waals surface area contributed by atoms with Crippen molar-refractivity contribution in [3.05, 3.63) is 29.8 Å². The van der Waals surface area contributed by atoms with Crippen molar-refractivity contribution >= 4 is 5.69 Å². The van der Waals surface area contributed by atoms with Crippen molar-refractivity contribution in [2.45, 2.75) is 72.4 Å². The molecule has 0 fully saturated rings. The molecule has 0 bridgehead atoms. The first-order valence-electron chi connectivity index (χ1n) is 8.63. The molecule has 0 radical (unpaired) electrons. The van der Waals surface area contributed by atoms with Crippen molar-refractivity contribution in [1.29, 1.82) is 0 Å². The highest BCUT2D eigenvalue weighted by molar-refractivity contribution is 5.55. The summed E-state index contributed by atoms with van der Waals surface area (Å²) in [7, 11) is 0. The molecule has 1 unspecified atom stereocenters. The molecule has 1 aromatic rings. The van der Waals surface area contributed by atoms with Crippen molar-refractivity contribution < 1.29 is 0 Å². The molecule has 2 heteroatoms. The van der Waals surface area contributed by atoms with Gasteiger partial charge in [-0.25, -0.2) is 0 Å². The quantitative estimate of drug-likeness (QED) is 0.719. The average Bonchev–Trinajstić information content (AvgIpc) is 2.47. The second kappa shape index (κ2) is 9.09. The van der Waals surface area contributed by atoms with Gasteiger partial charge in [0.1, 0.15) is 0 Å². The van der Waals surface area contributed by atoms with E-state index in [-0.39, 0.29) is 6.04 Å². The molecule has 0 heterocycles. The lowest BCUT2D eigenvalue weighted by atomic mass is 9.99. The van der Waals surface area contributed by atoms with Gasteiger partial charge in [-0.1, -0.05) is 52.8 Å². The zero-order chi connectivity index (χ0) is 15.8. The summed E-state index contributed by atoms with van der Waals surface area (Å²) in [5, 5.41) is 0. The maximum atomic E-state index is 6.20. The molecular formula is C19H34N2. The van der Waals surface area contributed by atoms with Gasteiger partial charge in [0.05, 0.1) is 0 Å². The molecule has 1 aromatic carbocycles. The standard InChI is InChI=1S/C19H34N2/c1-6-17(20)13-16-11-9-10-12-19(16)21(14-15(4)5)18(7-2)8-3/h9-12,15,17-18H,6-8,13-14,20H2,1-5H3. The summed E-state index contributed by atoms with van der Waals surface area (Å²) in [5.74, 6) is 0.665. The number of nitrogens with two attached hydrogens (primary N) is 1. The Balaban J connectivity index is 3.11. The zero-order valence-corrected chi connectivity index (χ0v) is 14.6. The van der Waals surface area contributed by atoms with Crippen LogP contribution in [0, 0.1) is 5.92 Å². The lowest BCUT2D eigenvalue weighted by molar-refractivity contribution is 0.505. The van der Waals surface area contributed by atoms with Crippen molar-refractivity contribution in [2.75, 3.05) is 11.4 Å². The van der Waals surface area contributed by atoms with Gasteiger partial charge in [0.15, 0.2) is 0 Å². The van der Waals surface area contributed by atoms with Crippen molar-refractivity contribution in [3.63, 3.8) is 0 Å². The summed E-state index contributed by atoms with van der Waals surface area (Å²) >= 11 is 0. The molecule has 0 saturated carbocycles. The van der Waals surface area contributed by atoms with Crippen LogP contribution in [0.4, 0.5) is 5.69 Å². The summed E-state index contributed by atoms with van der Waals surface area (Å²) in [6.07, 6.45) is 4.39. The maximum Gasteiger partial charge on any atom is 0.0401 e. The first kappa shape index (κ1) is 18.0. The van der Waals surface area contributed by atoms with Crippen LogP contribution in [0.1, 0.15) is 59.4 Å². The van der Waals surface area contributed by atoms with Crippen LogP contribution in [0.3, 0.4) is 0 Å². The van der Waals surface area contributed by atoms with E-state index < -0.39 is 0 Å². The molecule has 120 valence electrons. The van der Waals surface area contributed by atoms with E-state index in [4.69, 9.17) is 5.73 Å². The Morgan fingerprint density at radius 1 is 1.00 bits per heavy atom. The molecule has 1 atom stereocenters. The third-order valence-electron chi connectivity index (χ3n) is 4.25. The molecule has 0 amide bonds. The highest BCUT2D eigenvalue weighted by Crippen LogP contribution is 2.27. The minimum atomic E-state index is 0.258. The second-order valence-corrected chi connectivity index (χ2v) is 6.52. The molecule has 0 aromatic heterocycles. The van der Waals surface area contributed by atoms with Gasteiger partial charge in [-0.05, 0) is 43.2 Å². The Kier molecular flexibility index (Phi) is 7.81. The first-order valence-corrected chi connectivity index (χ1v) is 8.63. The average molecular weight is 290 g/mol. The molecule has 2 N–H and O–H groups in total. The van der Waals surface area contributed by atoms with Crippen LogP contribution in [0.5, 0.6) is 0 Å². The summed E-state index contributed by atoms with van der Waals surface area (Å²) in [6, 6.07) is 9.70. The molecule has 2 nitrogen and oxygen atoms in total. The van der Waals surface area contributed by atoms with Gasteiger partial charge in [-0.2, -0.15) is 0 Å². The van der Waals surface area contributed by atoms with Crippen LogP contribution >= 0.6 is 0 Å². The van der Waals surface area contributed by atoms with Gasteiger partial charge in [0.25, 0.3) is 0 Å². The molecule has 0 saturated heterocycles. The number of hydrogen-bond acceptors (Lipinski definition) is 2. The maximum absolute atomic E-state index is 6.20. The van der Waals surface area contributed by atoms with Crippen molar-refractivity contribution in [1.82, 2.24) is 0 Å².